The first-order chi connectivity index (χ1) is 10.6. The van der Waals surface area contributed by atoms with Crippen LogP contribution in [-0.2, 0) is 20.2 Å². The third-order valence-corrected chi connectivity index (χ3v) is 2.64. The summed E-state index contributed by atoms with van der Waals surface area (Å²) in [7, 11) is 0. The molecule has 124 valence electrons. The van der Waals surface area contributed by atoms with Crippen LogP contribution in [0.1, 0.15) is 15.9 Å². The van der Waals surface area contributed by atoms with E-state index >= 15 is 0 Å². The molecule has 1 aromatic rings. The SMILES string of the molecule is O=C(O)c1ccccc1C(OCCO)(OCCO)OCCO. The molecule has 0 unspecified atom stereocenters. The number of aromatic carboxylic acids is 1. The Hall–Kier alpha value is -1.55. The van der Waals surface area contributed by atoms with Gasteiger partial charge in [-0.05, 0) is 6.07 Å². The van der Waals surface area contributed by atoms with Crippen LogP contribution in [0.4, 0.5) is 0 Å². The van der Waals surface area contributed by atoms with Crippen LogP contribution in [0.15, 0.2) is 24.3 Å². The van der Waals surface area contributed by atoms with Crippen LogP contribution < -0.4 is 0 Å². The number of carboxylic acid groups (broad SMARTS) is 1. The number of ether oxygens (including phenoxy) is 3. The molecule has 0 amide bonds. The van der Waals surface area contributed by atoms with Crippen molar-refractivity contribution in [2.45, 2.75) is 5.97 Å². The molecular formula is C14H20O8. The van der Waals surface area contributed by atoms with Gasteiger partial charge < -0.3 is 34.6 Å². The average molecular weight is 316 g/mol. The molecule has 0 aromatic heterocycles. The van der Waals surface area contributed by atoms with Gasteiger partial charge in [-0.15, -0.1) is 0 Å². The molecule has 0 spiro atoms. The van der Waals surface area contributed by atoms with Crippen molar-refractivity contribution in [3.8, 4) is 0 Å². The number of benzene rings is 1. The lowest BCUT2D eigenvalue weighted by Gasteiger charge is -2.34. The highest BCUT2D eigenvalue weighted by Crippen LogP contribution is 2.32. The van der Waals surface area contributed by atoms with Gasteiger partial charge in [-0.25, -0.2) is 4.79 Å². The predicted molar refractivity (Wildman–Crippen MR) is 74.2 cm³/mol. The minimum Gasteiger partial charge on any atom is -0.478 e. The van der Waals surface area contributed by atoms with Crippen molar-refractivity contribution in [3.05, 3.63) is 35.4 Å². The van der Waals surface area contributed by atoms with Gasteiger partial charge >= 0.3 is 11.9 Å². The largest absolute Gasteiger partial charge is 0.478 e. The zero-order valence-corrected chi connectivity index (χ0v) is 12.0. The summed E-state index contributed by atoms with van der Waals surface area (Å²) < 4.78 is 16.1. The summed E-state index contributed by atoms with van der Waals surface area (Å²) in [6, 6.07) is 5.89. The molecule has 1 aromatic carbocycles. The zero-order chi connectivity index (χ0) is 16.4. The van der Waals surface area contributed by atoms with Crippen LogP contribution in [0.25, 0.3) is 0 Å². The Balaban J connectivity index is 3.28. The summed E-state index contributed by atoms with van der Waals surface area (Å²) in [6.07, 6.45) is 0. The van der Waals surface area contributed by atoms with Gasteiger partial charge in [-0.2, -0.15) is 0 Å². The third-order valence-electron chi connectivity index (χ3n) is 2.64. The molecule has 0 radical (unpaired) electrons. The first-order valence-electron chi connectivity index (χ1n) is 6.68. The standard InChI is InChI=1S/C14H20O8/c15-5-8-20-14(21-9-6-16,22-10-7-17)12-4-2-1-3-11(12)13(18)19/h1-4,15-17H,5-10H2,(H,18,19). The lowest BCUT2D eigenvalue weighted by Crippen LogP contribution is -2.40. The van der Waals surface area contributed by atoms with Crippen molar-refractivity contribution < 1.29 is 39.4 Å². The smallest absolute Gasteiger partial charge is 0.336 e. The van der Waals surface area contributed by atoms with Crippen molar-refractivity contribution in [1.82, 2.24) is 0 Å². The molecule has 0 saturated carbocycles. The summed E-state index contributed by atoms with van der Waals surface area (Å²) in [5.74, 6) is -3.16. The maximum atomic E-state index is 11.4. The number of carbonyl (C=O) groups is 1. The Bertz CT molecular complexity index is 440. The monoisotopic (exact) mass is 316 g/mol. The number of hydrogen-bond donors (Lipinski definition) is 4. The molecule has 0 saturated heterocycles. The molecule has 1 rings (SSSR count). The topological polar surface area (TPSA) is 126 Å². The van der Waals surface area contributed by atoms with Crippen molar-refractivity contribution >= 4 is 5.97 Å². The molecule has 4 N–H and O–H groups in total. The summed E-state index contributed by atoms with van der Waals surface area (Å²) in [4.78, 5) is 11.4. The fourth-order valence-corrected chi connectivity index (χ4v) is 1.83. The van der Waals surface area contributed by atoms with Gasteiger partial charge in [0.1, 0.15) is 0 Å². The Labute approximate surface area is 127 Å². The summed E-state index contributed by atoms with van der Waals surface area (Å²) >= 11 is 0. The van der Waals surface area contributed by atoms with Gasteiger partial charge in [0.05, 0.1) is 50.8 Å². The molecule has 22 heavy (non-hydrogen) atoms. The van der Waals surface area contributed by atoms with E-state index in [1.54, 1.807) is 6.07 Å². The van der Waals surface area contributed by atoms with Crippen molar-refractivity contribution in [3.63, 3.8) is 0 Å². The number of carboxylic acids is 1. The second-order valence-electron chi connectivity index (χ2n) is 4.12. The fourth-order valence-electron chi connectivity index (χ4n) is 1.83. The summed E-state index contributed by atoms with van der Waals surface area (Å²) in [5, 5.41) is 36.2. The lowest BCUT2D eigenvalue weighted by molar-refractivity contribution is -0.396. The number of aliphatic hydroxyl groups excluding tert-OH is 3. The van der Waals surface area contributed by atoms with E-state index in [1.165, 1.54) is 18.2 Å². The molecule has 0 fully saturated rings. The minimum atomic E-state index is -1.94. The third kappa shape index (κ3) is 4.73. The molecule has 0 aliphatic heterocycles. The van der Waals surface area contributed by atoms with E-state index in [2.05, 4.69) is 0 Å². The maximum absolute atomic E-state index is 11.4. The highest BCUT2D eigenvalue weighted by atomic mass is 16.9. The molecule has 0 bridgehead atoms. The van der Waals surface area contributed by atoms with Gasteiger partial charge in [0.15, 0.2) is 0 Å². The van der Waals surface area contributed by atoms with Gasteiger partial charge in [-0.3, -0.25) is 0 Å². The van der Waals surface area contributed by atoms with Gasteiger partial charge in [0, 0.05) is 0 Å². The van der Waals surface area contributed by atoms with Crippen molar-refractivity contribution in [2.75, 3.05) is 39.6 Å². The van der Waals surface area contributed by atoms with Crippen molar-refractivity contribution in [2.24, 2.45) is 0 Å². The Morgan fingerprint density at radius 2 is 1.36 bits per heavy atom. The zero-order valence-electron chi connectivity index (χ0n) is 12.0. The maximum Gasteiger partial charge on any atom is 0.336 e. The van der Waals surface area contributed by atoms with Crippen LogP contribution in [0, 0.1) is 0 Å². The van der Waals surface area contributed by atoms with E-state index in [1.807, 2.05) is 0 Å². The molecule has 8 nitrogen and oxygen atoms in total. The fraction of sp³-hybridized carbons (Fsp3) is 0.500. The molecule has 0 atom stereocenters. The van der Waals surface area contributed by atoms with Gasteiger partial charge in [0.25, 0.3) is 0 Å². The van der Waals surface area contributed by atoms with E-state index < -0.39 is 11.9 Å². The Kier molecular flexibility index (Phi) is 7.96. The highest BCUT2D eigenvalue weighted by molar-refractivity contribution is 5.89. The van der Waals surface area contributed by atoms with E-state index in [4.69, 9.17) is 29.5 Å². The van der Waals surface area contributed by atoms with Gasteiger partial charge in [-0.1, -0.05) is 18.2 Å². The average Bonchev–Trinajstić information content (AvgIpc) is 2.54. The number of aliphatic hydroxyl groups is 3. The van der Waals surface area contributed by atoms with Crippen LogP contribution in [0.2, 0.25) is 0 Å². The predicted octanol–water partition coefficient (Wildman–Crippen LogP) is -0.478. The lowest BCUT2D eigenvalue weighted by atomic mass is 10.1. The normalized spacial score (nSPS) is 11.6. The highest BCUT2D eigenvalue weighted by Gasteiger charge is 2.39. The second kappa shape index (κ2) is 9.46. The first kappa shape index (κ1) is 18.5. The molecule has 0 heterocycles. The van der Waals surface area contributed by atoms with E-state index in [9.17, 15) is 9.90 Å². The van der Waals surface area contributed by atoms with E-state index in [0.29, 0.717) is 0 Å². The molecule has 8 heteroatoms. The quantitative estimate of drug-likeness (QED) is 0.403. The van der Waals surface area contributed by atoms with Crippen LogP contribution in [0.5, 0.6) is 0 Å². The second-order valence-corrected chi connectivity index (χ2v) is 4.12. The molecule has 0 aliphatic carbocycles. The number of rotatable bonds is 11. The van der Waals surface area contributed by atoms with E-state index in [0.717, 1.165) is 0 Å². The van der Waals surface area contributed by atoms with Gasteiger partial charge in [0.2, 0.25) is 0 Å². The van der Waals surface area contributed by atoms with Crippen LogP contribution in [-0.4, -0.2) is 66.0 Å². The van der Waals surface area contributed by atoms with Crippen LogP contribution in [0.3, 0.4) is 0 Å². The van der Waals surface area contributed by atoms with Crippen LogP contribution >= 0.6 is 0 Å². The minimum absolute atomic E-state index is 0.0675. The molecule has 0 aliphatic rings. The first-order valence-corrected chi connectivity index (χ1v) is 6.68. The Morgan fingerprint density at radius 1 is 0.909 bits per heavy atom. The molecular weight excluding hydrogens is 296 g/mol. The summed E-state index contributed by atoms with van der Waals surface area (Å²) in [6.45, 7) is -1.60. The Morgan fingerprint density at radius 3 is 1.77 bits per heavy atom. The summed E-state index contributed by atoms with van der Waals surface area (Å²) in [5.41, 5.74) is -0.0471. The van der Waals surface area contributed by atoms with E-state index in [-0.39, 0.29) is 50.8 Å². The number of hydrogen-bond acceptors (Lipinski definition) is 7. The van der Waals surface area contributed by atoms with Crippen molar-refractivity contribution in [1.29, 1.82) is 0 Å².